The number of aromatic amines is 2. The van der Waals surface area contributed by atoms with Crippen LogP contribution in [-0.2, 0) is 0 Å². The van der Waals surface area contributed by atoms with E-state index < -0.39 is 0 Å². The van der Waals surface area contributed by atoms with Gasteiger partial charge in [-0.3, -0.25) is 24.8 Å². The number of carbonyl (C=O) groups is 1. The van der Waals surface area contributed by atoms with Crippen molar-refractivity contribution in [3.8, 4) is 38.8 Å². The molecular weight excluding hydrogens is 448 g/mol. The number of ether oxygens (including phenoxy) is 1. The molecule has 0 saturated carbocycles. The number of aromatic nitrogens is 6. The number of carbonyl (C=O) groups excluding carboxylic acids is 1. The van der Waals surface area contributed by atoms with Crippen LogP contribution in [0.15, 0.2) is 61.3 Å². The fourth-order valence-electron chi connectivity index (χ4n) is 4.00. The second kappa shape index (κ2) is 7.89. The molecule has 0 aromatic carbocycles. The molecule has 6 heterocycles. The van der Waals surface area contributed by atoms with Crippen LogP contribution in [-0.4, -0.2) is 43.0 Å². The largest absolute Gasteiger partial charge is 0.495 e. The summed E-state index contributed by atoms with van der Waals surface area (Å²) in [7, 11) is 1.61. The third kappa shape index (κ3) is 3.34. The Balaban J connectivity index is 1.47. The maximum Gasteiger partial charge on any atom is 0.169 e. The van der Waals surface area contributed by atoms with Crippen molar-refractivity contribution in [1.82, 2.24) is 30.1 Å². The standard InChI is InChI=1S/C25H18N6O2S/c1-13(32)23-3-4-24(34-23)18-10-27-11-21-16(18)6-20(29-21)25-17-7-19(28-12-22(17)30-31-25)14-5-15(33-2)9-26-8-14/h3-12,29H,1-2H3,(H,30,31). The van der Waals surface area contributed by atoms with Crippen molar-refractivity contribution < 1.29 is 9.53 Å². The van der Waals surface area contributed by atoms with E-state index in [0.717, 1.165) is 59.8 Å². The molecule has 0 atom stereocenters. The van der Waals surface area contributed by atoms with E-state index in [0.29, 0.717) is 5.75 Å². The predicted molar refractivity (Wildman–Crippen MR) is 132 cm³/mol. The van der Waals surface area contributed by atoms with E-state index in [1.807, 2.05) is 30.5 Å². The zero-order valence-corrected chi connectivity index (χ0v) is 19.1. The monoisotopic (exact) mass is 466 g/mol. The van der Waals surface area contributed by atoms with Crippen molar-refractivity contribution in [3.63, 3.8) is 0 Å². The van der Waals surface area contributed by atoms with E-state index >= 15 is 0 Å². The zero-order valence-electron chi connectivity index (χ0n) is 18.3. The average molecular weight is 467 g/mol. The number of fused-ring (bicyclic) bond motifs is 2. The third-order valence-electron chi connectivity index (χ3n) is 5.71. The molecule has 166 valence electrons. The number of nitrogens with one attached hydrogen (secondary N) is 2. The van der Waals surface area contributed by atoms with Crippen LogP contribution in [0, 0.1) is 0 Å². The van der Waals surface area contributed by atoms with Gasteiger partial charge in [0, 0.05) is 39.2 Å². The Morgan fingerprint density at radius 2 is 1.85 bits per heavy atom. The van der Waals surface area contributed by atoms with Crippen molar-refractivity contribution in [1.29, 1.82) is 0 Å². The van der Waals surface area contributed by atoms with E-state index in [4.69, 9.17) is 4.74 Å². The summed E-state index contributed by atoms with van der Waals surface area (Å²) < 4.78 is 5.30. The lowest BCUT2D eigenvalue weighted by molar-refractivity contribution is 0.102. The van der Waals surface area contributed by atoms with E-state index in [2.05, 4.69) is 36.2 Å². The quantitative estimate of drug-likeness (QED) is 0.325. The summed E-state index contributed by atoms with van der Waals surface area (Å²) in [5, 5.41) is 9.58. The molecule has 0 aliphatic heterocycles. The molecule has 2 N–H and O–H groups in total. The van der Waals surface area contributed by atoms with Crippen molar-refractivity contribution in [3.05, 3.63) is 66.2 Å². The van der Waals surface area contributed by atoms with E-state index in [-0.39, 0.29) is 5.78 Å². The highest BCUT2D eigenvalue weighted by Crippen LogP contribution is 2.36. The second-order valence-corrected chi connectivity index (χ2v) is 8.94. The van der Waals surface area contributed by atoms with Gasteiger partial charge in [-0.2, -0.15) is 5.10 Å². The number of hydrogen-bond acceptors (Lipinski definition) is 7. The fraction of sp³-hybridized carbons (Fsp3) is 0.0800. The number of ketones is 1. The molecule has 0 aliphatic rings. The van der Waals surface area contributed by atoms with Gasteiger partial charge in [0.1, 0.15) is 11.4 Å². The molecule has 0 aliphatic carbocycles. The Morgan fingerprint density at radius 3 is 2.68 bits per heavy atom. The van der Waals surface area contributed by atoms with Gasteiger partial charge in [0.05, 0.1) is 53.0 Å². The van der Waals surface area contributed by atoms with Crippen molar-refractivity contribution >= 4 is 38.9 Å². The summed E-state index contributed by atoms with van der Waals surface area (Å²) in [4.78, 5) is 30.1. The smallest absolute Gasteiger partial charge is 0.169 e. The molecule has 6 aromatic rings. The third-order valence-corrected chi connectivity index (χ3v) is 6.93. The first-order valence-corrected chi connectivity index (χ1v) is 11.3. The number of rotatable bonds is 5. The number of hydrogen-bond donors (Lipinski definition) is 2. The van der Waals surface area contributed by atoms with Gasteiger partial charge in [-0.25, -0.2) is 0 Å². The molecule has 0 amide bonds. The minimum Gasteiger partial charge on any atom is -0.495 e. The lowest BCUT2D eigenvalue weighted by Gasteiger charge is -2.04. The summed E-state index contributed by atoms with van der Waals surface area (Å²) in [5.41, 5.74) is 5.98. The summed E-state index contributed by atoms with van der Waals surface area (Å²) in [5.74, 6) is 0.730. The van der Waals surface area contributed by atoms with Crippen LogP contribution in [0.1, 0.15) is 16.6 Å². The SMILES string of the molecule is COc1cncc(-c2cc3c(-c4cc5c(-c6ccc(C(C)=O)s6)cncc5[nH]4)n[nH]c3cn2)c1. The Morgan fingerprint density at radius 1 is 0.971 bits per heavy atom. The molecule has 0 radical (unpaired) electrons. The maximum atomic E-state index is 11.8. The number of pyridine rings is 3. The minimum atomic E-state index is 0.0600. The number of methoxy groups -OCH3 is 1. The van der Waals surface area contributed by atoms with Crippen LogP contribution in [0.2, 0.25) is 0 Å². The first kappa shape index (κ1) is 20.3. The first-order valence-electron chi connectivity index (χ1n) is 10.5. The number of H-pyrrole nitrogens is 2. The van der Waals surface area contributed by atoms with Gasteiger partial charge in [-0.15, -0.1) is 11.3 Å². The molecule has 9 heteroatoms. The average Bonchev–Trinajstić information content (AvgIpc) is 3.61. The molecular formula is C25H18N6O2S. The molecule has 0 unspecified atom stereocenters. The molecule has 6 rings (SSSR count). The fourth-order valence-corrected chi connectivity index (χ4v) is 4.92. The normalized spacial score (nSPS) is 11.4. The molecule has 0 fully saturated rings. The van der Waals surface area contributed by atoms with Crippen molar-refractivity contribution in [2.45, 2.75) is 6.92 Å². The van der Waals surface area contributed by atoms with Crippen LogP contribution >= 0.6 is 11.3 Å². The lowest BCUT2D eigenvalue weighted by atomic mass is 10.1. The Labute approximate surface area is 197 Å². The highest BCUT2D eigenvalue weighted by atomic mass is 32.1. The van der Waals surface area contributed by atoms with Crippen LogP contribution in [0.4, 0.5) is 0 Å². The lowest BCUT2D eigenvalue weighted by Crippen LogP contribution is -1.88. The Hall–Kier alpha value is -4.37. The number of nitrogens with zero attached hydrogens (tertiary/aromatic N) is 4. The van der Waals surface area contributed by atoms with Gasteiger partial charge >= 0.3 is 0 Å². The predicted octanol–water partition coefficient (Wildman–Crippen LogP) is 5.50. The molecule has 0 bridgehead atoms. The van der Waals surface area contributed by atoms with Crippen molar-refractivity contribution in [2.75, 3.05) is 7.11 Å². The molecule has 0 saturated heterocycles. The van der Waals surface area contributed by atoms with Gasteiger partial charge in [0.2, 0.25) is 0 Å². The summed E-state index contributed by atoms with van der Waals surface area (Å²) in [6, 6.07) is 9.79. The van der Waals surface area contributed by atoms with E-state index in [9.17, 15) is 4.79 Å². The molecule has 34 heavy (non-hydrogen) atoms. The first-order chi connectivity index (χ1) is 16.6. The highest BCUT2D eigenvalue weighted by Gasteiger charge is 2.16. The minimum absolute atomic E-state index is 0.0600. The number of thiophene rings is 1. The highest BCUT2D eigenvalue weighted by molar-refractivity contribution is 7.17. The van der Waals surface area contributed by atoms with E-state index in [1.165, 1.54) is 11.3 Å². The van der Waals surface area contributed by atoms with Gasteiger partial charge in [-0.05, 0) is 37.3 Å². The van der Waals surface area contributed by atoms with Crippen LogP contribution < -0.4 is 4.74 Å². The van der Waals surface area contributed by atoms with Gasteiger partial charge < -0.3 is 9.72 Å². The topological polar surface area (TPSA) is 109 Å². The van der Waals surface area contributed by atoms with E-state index in [1.54, 1.807) is 38.8 Å². The zero-order chi connectivity index (χ0) is 23.2. The Bertz CT molecular complexity index is 1700. The molecule has 0 spiro atoms. The van der Waals surface area contributed by atoms with Gasteiger partial charge in [0.15, 0.2) is 5.78 Å². The number of Topliss-reactive ketones (excluding diaryl/α,β-unsaturated/α-hetero) is 1. The van der Waals surface area contributed by atoms with Crippen LogP contribution in [0.5, 0.6) is 5.75 Å². The molecule has 6 aromatic heterocycles. The van der Waals surface area contributed by atoms with Gasteiger partial charge in [0.25, 0.3) is 0 Å². The molecule has 8 nitrogen and oxygen atoms in total. The second-order valence-electron chi connectivity index (χ2n) is 7.85. The van der Waals surface area contributed by atoms with Crippen molar-refractivity contribution in [2.24, 2.45) is 0 Å². The van der Waals surface area contributed by atoms with Crippen LogP contribution in [0.3, 0.4) is 0 Å². The maximum absolute atomic E-state index is 11.8. The Kier molecular flexibility index (Phi) is 4.70. The summed E-state index contributed by atoms with van der Waals surface area (Å²) in [6.45, 7) is 1.58. The van der Waals surface area contributed by atoms with Gasteiger partial charge in [-0.1, -0.05) is 0 Å². The van der Waals surface area contributed by atoms with Crippen LogP contribution in [0.25, 0.3) is 54.9 Å². The summed E-state index contributed by atoms with van der Waals surface area (Å²) >= 11 is 1.47. The summed E-state index contributed by atoms with van der Waals surface area (Å²) in [6.07, 6.45) is 8.81.